The third-order valence-corrected chi connectivity index (χ3v) is 5.43. The predicted octanol–water partition coefficient (Wildman–Crippen LogP) is 4.71. The molecule has 0 saturated carbocycles. The largest absolute Gasteiger partial charge is 0.508 e. The molecule has 0 spiro atoms. The number of anilines is 1. The molecule has 1 fully saturated rings. The summed E-state index contributed by atoms with van der Waals surface area (Å²) in [6, 6.07) is 12.1. The molecule has 0 radical (unpaired) electrons. The summed E-state index contributed by atoms with van der Waals surface area (Å²) in [6.45, 7) is 2.90. The number of rotatable bonds is 1. The van der Waals surface area contributed by atoms with Crippen molar-refractivity contribution in [3.05, 3.63) is 57.6 Å². The van der Waals surface area contributed by atoms with Crippen LogP contribution in [0.2, 0.25) is 0 Å². The molecule has 2 aromatic carbocycles. The lowest BCUT2D eigenvalue weighted by atomic mass is 9.80. The molecule has 2 aliphatic heterocycles. The fourth-order valence-electron chi connectivity index (χ4n) is 3.67. The Bertz CT molecular complexity index is 731. The monoisotopic (exact) mass is 359 g/mol. The predicted molar refractivity (Wildman–Crippen MR) is 90.1 cm³/mol. The molecule has 1 saturated heterocycles. The number of hydrogen-bond acceptors (Lipinski definition) is 3. The summed E-state index contributed by atoms with van der Waals surface area (Å²) in [5.41, 5.74) is 4.74. The summed E-state index contributed by atoms with van der Waals surface area (Å²) in [4.78, 5) is 0. The Morgan fingerprint density at radius 1 is 1.18 bits per heavy atom. The minimum atomic E-state index is 0.135. The van der Waals surface area contributed by atoms with E-state index in [1.165, 1.54) is 11.1 Å². The summed E-state index contributed by atoms with van der Waals surface area (Å²) in [5.74, 6) is 0.678. The zero-order chi connectivity index (χ0) is 15.3. The topological polar surface area (TPSA) is 41.5 Å². The van der Waals surface area contributed by atoms with Crippen LogP contribution in [0.25, 0.3) is 0 Å². The van der Waals surface area contributed by atoms with E-state index in [0.29, 0.717) is 11.7 Å². The normalized spacial score (nSPS) is 26.2. The van der Waals surface area contributed by atoms with Gasteiger partial charge in [-0.05, 0) is 43.2 Å². The number of benzene rings is 2. The minimum Gasteiger partial charge on any atom is -0.508 e. The average molecular weight is 360 g/mol. The van der Waals surface area contributed by atoms with Crippen molar-refractivity contribution in [1.82, 2.24) is 0 Å². The first-order chi connectivity index (χ1) is 10.6. The molecule has 2 heterocycles. The van der Waals surface area contributed by atoms with Gasteiger partial charge in [-0.15, -0.1) is 0 Å². The van der Waals surface area contributed by atoms with Crippen molar-refractivity contribution >= 4 is 21.6 Å². The second-order valence-electron chi connectivity index (χ2n) is 6.16. The van der Waals surface area contributed by atoms with E-state index >= 15 is 0 Å². The molecule has 2 aliphatic rings. The zero-order valence-corrected chi connectivity index (χ0v) is 13.9. The highest BCUT2D eigenvalue weighted by Crippen LogP contribution is 2.51. The van der Waals surface area contributed by atoms with E-state index in [1.54, 1.807) is 6.07 Å². The van der Waals surface area contributed by atoms with Crippen LogP contribution < -0.4 is 5.32 Å². The molecule has 0 unspecified atom stereocenters. The standard InChI is InChI=1S/C18H18BrNO2/c1-10-2-5-16-14(8-10)18-12(6-7-22-18)17(20-16)13-9-11(21)3-4-15(13)19/h2-5,8-9,12,17-18,20-21H,6-7H2,1H3/t12-,17-,18-/m0/s1. The highest BCUT2D eigenvalue weighted by atomic mass is 79.9. The van der Waals surface area contributed by atoms with Gasteiger partial charge in [0, 0.05) is 28.2 Å². The molecular formula is C18H18BrNO2. The number of phenolic OH excluding ortho intramolecular Hbond substituents is 1. The summed E-state index contributed by atoms with van der Waals surface area (Å²) in [6.07, 6.45) is 1.16. The SMILES string of the molecule is Cc1ccc2c(c1)[C@H]1OCC[C@H]1[C@@H](c1cc(O)ccc1Br)N2. The molecule has 4 heteroatoms. The number of nitrogens with one attached hydrogen (secondary N) is 1. The number of aromatic hydroxyl groups is 1. The Labute approximate surface area is 138 Å². The van der Waals surface area contributed by atoms with Crippen molar-refractivity contribution in [3.8, 4) is 5.75 Å². The maximum absolute atomic E-state index is 9.86. The summed E-state index contributed by atoms with van der Waals surface area (Å²) < 4.78 is 7.06. The number of aryl methyl sites for hydroxylation is 1. The highest BCUT2D eigenvalue weighted by molar-refractivity contribution is 9.10. The Kier molecular flexibility index (Phi) is 3.39. The van der Waals surface area contributed by atoms with Crippen LogP contribution in [0, 0.1) is 12.8 Å². The van der Waals surface area contributed by atoms with Gasteiger partial charge < -0.3 is 15.2 Å². The fraction of sp³-hybridized carbons (Fsp3) is 0.333. The number of phenols is 1. The molecule has 4 rings (SSSR count). The van der Waals surface area contributed by atoms with Crippen molar-refractivity contribution in [1.29, 1.82) is 0 Å². The molecular weight excluding hydrogens is 342 g/mol. The summed E-state index contributed by atoms with van der Waals surface area (Å²) in [7, 11) is 0. The lowest BCUT2D eigenvalue weighted by Gasteiger charge is -2.37. The van der Waals surface area contributed by atoms with Gasteiger partial charge in [0.2, 0.25) is 0 Å². The van der Waals surface area contributed by atoms with E-state index in [0.717, 1.165) is 28.8 Å². The summed E-state index contributed by atoms with van der Waals surface area (Å²) >= 11 is 3.62. The molecule has 0 bridgehead atoms. The molecule has 0 aliphatic carbocycles. The number of fused-ring (bicyclic) bond motifs is 3. The van der Waals surface area contributed by atoms with E-state index in [-0.39, 0.29) is 12.1 Å². The van der Waals surface area contributed by atoms with Crippen LogP contribution in [0.15, 0.2) is 40.9 Å². The minimum absolute atomic E-state index is 0.135. The third-order valence-electron chi connectivity index (χ3n) is 4.70. The Morgan fingerprint density at radius 3 is 2.91 bits per heavy atom. The Morgan fingerprint density at radius 2 is 2.05 bits per heavy atom. The summed E-state index contributed by atoms with van der Waals surface area (Å²) in [5, 5.41) is 13.5. The van der Waals surface area contributed by atoms with Crippen LogP contribution in [0.1, 0.15) is 35.3 Å². The number of ether oxygens (including phenoxy) is 1. The van der Waals surface area contributed by atoms with Gasteiger partial charge in [0.05, 0.1) is 12.1 Å². The van der Waals surface area contributed by atoms with E-state index < -0.39 is 0 Å². The molecule has 3 atom stereocenters. The van der Waals surface area contributed by atoms with Crippen molar-refractivity contribution in [3.63, 3.8) is 0 Å². The van der Waals surface area contributed by atoms with E-state index in [1.807, 2.05) is 12.1 Å². The second kappa shape index (κ2) is 5.28. The van der Waals surface area contributed by atoms with Crippen LogP contribution in [-0.2, 0) is 4.74 Å². The molecule has 0 amide bonds. The van der Waals surface area contributed by atoms with Crippen LogP contribution in [0.4, 0.5) is 5.69 Å². The zero-order valence-electron chi connectivity index (χ0n) is 12.3. The van der Waals surface area contributed by atoms with Crippen LogP contribution in [-0.4, -0.2) is 11.7 Å². The highest BCUT2D eigenvalue weighted by Gasteiger charge is 2.42. The van der Waals surface area contributed by atoms with Crippen molar-refractivity contribution in [2.75, 3.05) is 11.9 Å². The third kappa shape index (κ3) is 2.22. The number of hydrogen-bond donors (Lipinski definition) is 2. The first-order valence-corrected chi connectivity index (χ1v) is 8.40. The molecule has 22 heavy (non-hydrogen) atoms. The maximum Gasteiger partial charge on any atom is 0.116 e. The molecule has 0 aromatic heterocycles. The van der Waals surface area contributed by atoms with Gasteiger partial charge in [0.1, 0.15) is 5.75 Å². The number of halogens is 1. The van der Waals surface area contributed by atoms with Gasteiger partial charge in [-0.3, -0.25) is 0 Å². The van der Waals surface area contributed by atoms with Gasteiger partial charge in [0.25, 0.3) is 0 Å². The lowest BCUT2D eigenvalue weighted by molar-refractivity contribution is 0.0828. The van der Waals surface area contributed by atoms with Crippen molar-refractivity contribution in [2.24, 2.45) is 5.92 Å². The lowest BCUT2D eigenvalue weighted by Crippen LogP contribution is -2.29. The first-order valence-electron chi connectivity index (χ1n) is 7.60. The van der Waals surface area contributed by atoms with Crippen LogP contribution in [0.3, 0.4) is 0 Å². The second-order valence-corrected chi connectivity index (χ2v) is 7.02. The van der Waals surface area contributed by atoms with E-state index in [9.17, 15) is 5.11 Å². The molecule has 3 nitrogen and oxygen atoms in total. The Balaban J connectivity index is 1.82. The fourth-order valence-corrected chi connectivity index (χ4v) is 4.16. The Hall–Kier alpha value is -1.52. The quantitative estimate of drug-likeness (QED) is 0.774. The van der Waals surface area contributed by atoms with E-state index in [4.69, 9.17) is 4.74 Å². The maximum atomic E-state index is 9.86. The molecule has 2 N–H and O–H groups in total. The van der Waals surface area contributed by atoms with Gasteiger partial charge >= 0.3 is 0 Å². The van der Waals surface area contributed by atoms with Gasteiger partial charge in [-0.2, -0.15) is 0 Å². The molecule has 2 aromatic rings. The average Bonchev–Trinajstić information content (AvgIpc) is 2.99. The molecule has 114 valence electrons. The first kappa shape index (κ1) is 14.1. The van der Waals surface area contributed by atoms with Gasteiger partial charge in [0.15, 0.2) is 0 Å². The van der Waals surface area contributed by atoms with Crippen molar-refractivity contribution < 1.29 is 9.84 Å². The van der Waals surface area contributed by atoms with Crippen LogP contribution >= 0.6 is 15.9 Å². The van der Waals surface area contributed by atoms with Crippen molar-refractivity contribution in [2.45, 2.75) is 25.5 Å². The van der Waals surface area contributed by atoms with Gasteiger partial charge in [-0.25, -0.2) is 0 Å². The smallest absolute Gasteiger partial charge is 0.116 e. The van der Waals surface area contributed by atoms with E-state index in [2.05, 4.69) is 46.4 Å². The van der Waals surface area contributed by atoms with Gasteiger partial charge in [-0.1, -0.05) is 33.6 Å². The van der Waals surface area contributed by atoms with Crippen LogP contribution in [0.5, 0.6) is 5.75 Å².